The highest BCUT2D eigenvalue weighted by Crippen LogP contribution is 2.26. The van der Waals surface area contributed by atoms with Crippen LogP contribution in [0, 0.1) is 15.9 Å². The van der Waals surface area contributed by atoms with E-state index in [2.05, 4.69) is 5.32 Å². The number of halogens is 1. The Balaban J connectivity index is 2.29. The maximum absolute atomic E-state index is 14.1. The number of rotatable bonds is 5. The van der Waals surface area contributed by atoms with E-state index in [1.807, 2.05) is 0 Å². The Morgan fingerprint density at radius 3 is 2.45 bits per heavy atom. The van der Waals surface area contributed by atoms with E-state index in [1.165, 1.54) is 6.07 Å². The normalized spacial score (nSPS) is 16.7. The molecule has 160 valence electrons. The van der Waals surface area contributed by atoms with Crippen LogP contribution in [0.4, 0.5) is 14.9 Å². The quantitative estimate of drug-likeness (QED) is 0.589. The summed E-state index contributed by atoms with van der Waals surface area (Å²) in [4.78, 5) is 37.0. The Morgan fingerprint density at radius 2 is 1.93 bits per heavy atom. The number of carbonyl (C=O) groups is 2. The van der Waals surface area contributed by atoms with Gasteiger partial charge >= 0.3 is 11.8 Å². The molecule has 1 saturated heterocycles. The molecule has 9 nitrogen and oxygen atoms in total. The molecule has 0 aliphatic carbocycles. The van der Waals surface area contributed by atoms with Gasteiger partial charge in [0.2, 0.25) is 11.7 Å². The number of nitro groups is 1. The second-order valence-corrected chi connectivity index (χ2v) is 7.82. The van der Waals surface area contributed by atoms with Gasteiger partial charge in [-0.2, -0.15) is 4.39 Å². The number of hydrogen-bond donors (Lipinski definition) is 1. The number of carbonyl (C=O) groups excluding carboxylic acids is 2. The molecule has 0 spiro atoms. The maximum atomic E-state index is 14.1. The Bertz CT molecular complexity index is 774. The smallest absolute Gasteiger partial charge is 0.408 e. The molecule has 1 heterocycles. The molecule has 2 rings (SSSR count). The fourth-order valence-corrected chi connectivity index (χ4v) is 2.96. The van der Waals surface area contributed by atoms with Crippen LogP contribution in [0.15, 0.2) is 18.2 Å². The molecule has 1 fully saturated rings. The summed E-state index contributed by atoms with van der Waals surface area (Å²) >= 11 is 0. The summed E-state index contributed by atoms with van der Waals surface area (Å²) < 4.78 is 24.6. The molecule has 29 heavy (non-hydrogen) atoms. The summed E-state index contributed by atoms with van der Waals surface area (Å²) in [5.41, 5.74) is -1.08. The highest BCUT2D eigenvalue weighted by atomic mass is 19.1. The molecule has 2 amide bonds. The van der Waals surface area contributed by atoms with Crippen molar-refractivity contribution in [1.29, 1.82) is 0 Å². The van der Waals surface area contributed by atoms with Crippen molar-refractivity contribution in [3.8, 4) is 0 Å². The monoisotopic (exact) mass is 411 g/mol. The Morgan fingerprint density at radius 1 is 1.31 bits per heavy atom. The van der Waals surface area contributed by atoms with Crippen molar-refractivity contribution in [3.63, 3.8) is 0 Å². The third kappa shape index (κ3) is 6.11. The first-order valence-electron chi connectivity index (χ1n) is 9.29. The van der Waals surface area contributed by atoms with Crippen LogP contribution in [-0.2, 0) is 14.3 Å². The minimum absolute atomic E-state index is 0.343. The summed E-state index contributed by atoms with van der Waals surface area (Å²) in [6.45, 7) is 8.22. The van der Waals surface area contributed by atoms with Gasteiger partial charge in [0.05, 0.1) is 18.1 Å². The van der Waals surface area contributed by atoms with Crippen LogP contribution in [0.2, 0.25) is 0 Å². The maximum Gasteiger partial charge on any atom is 0.408 e. The minimum atomic E-state index is -1.04. The Hall–Kier alpha value is -2.75. The molecule has 1 N–H and O–H groups in total. The van der Waals surface area contributed by atoms with E-state index >= 15 is 0 Å². The molecule has 1 aliphatic rings. The zero-order valence-electron chi connectivity index (χ0n) is 16.9. The zero-order valence-corrected chi connectivity index (χ0v) is 16.9. The van der Waals surface area contributed by atoms with Gasteiger partial charge in [0, 0.05) is 25.1 Å². The van der Waals surface area contributed by atoms with E-state index in [-0.39, 0.29) is 5.91 Å². The number of nitro benzene ring substituents is 1. The SMILES string of the molecule is CC(c1ccc([N+](=O)[O-])c(F)c1)C(NC(=O)OC(C)(C)C)C(=O)N1CCOCC1. The lowest BCUT2D eigenvalue weighted by molar-refractivity contribution is -0.387. The number of nitrogens with one attached hydrogen (secondary N) is 1. The molecule has 0 bridgehead atoms. The molecule has 1 aliphatic heterocycles. The van der Waals surface area contributed by atoms with E-state index in [9.17, 15) is 24.1 Å². The second-order valence-electron chi connectivity index (χ2n) is 7.82. The number of benzene rings is 1. The standard InChI is InChI=1S/C19H26FN3O6/c1-12(13-5-6-15(23(26)27)14(20)11-13)16(21-18(25)29-19(2,3)4)17(24)22-7-9-28-10-8-22/h5-6,11-12,16H,7-10H2,1-4H3,(H,21,25). The van der Waals surface area contributed by atoms with E-state index < -0.39 is 40.1 Å². The lowest BCUT2D eigenvalue weighted by Gasteiger charge is -2.33. The van der Waals surface area contributed by atoms with Crippen LogP contribution < -0.4 is 5.32 Å². The molecule has 2 unspecified atom stereocenters. The second kappa shape index (κ2) is 9.17. The highest BCUT2D eigenvalue weighted by Gasteiger charge is 2.34. The van der Waals surface area contributed by atoms with Crippen LogP contribution in [0.3, 0.4) is 0 Å². The Kier molecular flexibility index (Phi) is 7.12. The first kappa shape index (κ1) is 22.5. The van der Waals surface area contributed by atoms with Gasteiger partial charge in [-0.1, -0.05) is 13.0 Å². The van der Waals surface area contributed by atoms with Gasteiger partial charge < -0.3 is 19.7 Å². The van der Waals surface area contributed by atoms with E-state index in [0.29, 0.717) is 31.9 Å². The average molecular weight is 411 g/mol. The summed E-state index contributed by atoms with van der Waals surface area (Å²) in [6, 6.07) is 2.40. The fraction of sp³-hybridized carbons (Fsp3) is 0.579. The molecule has 0 aromatic heterocycles. The molecule has 1 aromatic rings. The molecule has 2 atom stereocenters. The van der Waals surface area contributed by atoms with Crippen LogP contribution in [0.1, 0.15) is 39.2 Å². The first-order chi connectivity index (χ1) is 13.5. The number of nitrogens with zero attached hydrogens (tertiary/aromatic N) is 2. The number of hydrogen-bond acceptors (Lipinski definition) is 6. The molecular weight excluding hydrogens is 385 g/mol. The number of ether oxygens (including phenoxy) is 2. The van der Waals surface area contributed by atoms with Crippen LogP contribution in [0.25, 0.3) is 0 Å². The van der Waals surface area contributed by atoms with Crippen molar-refractivity contribution in [2.75, 3.05) is 26.3 Å². The van der Waals surface area contributed by atoms with Crippen LogP contribution in [-0.4, -0.2) is 59.8 Å². The third-order valence-corrected chi connectivity index (χ3v) is 4.46. The van der Waals surface area contributed by atoms with Crippen molar-refractivity contribution in [3.05, 3.63) is 39.7 Å². The molecule has 10 heteroatoms. The lowest BCUT2D eigenvalue weighted by Crippen LogP contribution is -2.54. The van der Waals surface area contributed by atoms with Crippen molar-refractivity contribution in [2.45, 2.75) is 45.3 Å². The van der Waals surface area contributed by atoms with E-state index in [4.69, 9.17) is 9.47 Å². The third-order valence-electron chi connectivity index (χ3n) is 4.46. The molecule has 1 aromatic carbocycles. The number of morpholine rings is 1. The summed E-state index contributed by atoms with van der Waals surface area (Å²) in [5.74, 6) is -2.02. The van der Waals surface area contributed by atoms with Crippen molar-refractivity contribution in [2.24, 2.45) is 0 Å². The minimum Gasteiger partial charge on any atom is -0.444 e. The lowest BCUT2D eigenvalue weighted by atomic mass is 9.92. The summed E-state index contributed by atoms with van der Waals surface area (Å²) in [7, 11) is 0. The van der Waals surface area contributed by atoms with Gasteiger partial charge in [-0.05, 0) is 32.4 Å². The van der Waals surface area contributed by atoms with Gasteiger partial charge in [0.25, 0.3) is 0 Å². The van der Waals surface area contributed by atoms with E-state index in [1.54, 1.807) is 32.6 Å². The molecule has 0 radical (unpaired) electrons. The average Bonchev–Trinajstić information content (AvgIpc) is 2.64. The predicted octanol–water partition coefficient (Wildman–Crippen LogP) is 2.59. The van der Waals surface area contributed by atoms with Gasteiger partial charge in [-0.3, -0.25) is 14.9 Å². The van der Waals surface area contributed by atoms with Crippen LogP contribution >= 0.6 is 0 Å². The van der Waals surface area contributed by atoms with Crippen molar-refractivity contribution in [1.82, 2.24) is 10.2 Å². The summed E-state index contributed by atoms with van der Waals surface area (Å²) in [5, 5.41) is 13.4. The zero-order chi connectivity index (χ0) is 21.8. The van der Waals surface area contributed by atoms with Crippen LogP contribution in [0.5, 0.6) is 0 Å². The number of amides is 2. The highest BCUT2D eigenvalue weighted by molar-refractivity contribution is 5.87. The van der Waals surface area contributed by atoms with Gasteiger partial charge in [-0.15, -0.1) is 0 Å². The fourth-order valence-electron chi connectivity index (χ4n) is 2.96. The van der Waals surface area contributed by atoms with Gasteiger partial charge in [0.1, 0.15) is 11.6 Å². The van der Waals surface area contributed by atoms with Gasteiger partial charge in [-0.25, -0.2) is 4.79 Å². The topological polar surface area (TPSA) is 111 Å². The summed E-state index contributed by atoms with van der Waals surface area (Å²) in [6.07, 6.45) is -0.779. The predicted molar refractivity (Wildman–Crippen MR) is 102 cm³/mol. The number of alkyl carbamates (subject to hydrolysis) is 1. The Labute approximate surface area is 168 Å². The first-order valence-corrected chi connectivity index (χ1v) is 9.29. The largest absolute Gasteiger partial charge is 0.444 e. The molecule has 0 saturated carbocycles. The van der Waals surface area contributed by atoms with Gasteiger partial charge in [0.15, 0.2) is 0 Å². The van der Waals surface area contributed by atoms with Crippen molar-refractivity contribution < 1.29 is 28.4 Å². The molecular formula is C19H26FN3O6. The van der Waals surface area contributed by atoms with Crippen molar-refractivity contribution >= 4 is 17.7 Å². The van der Waals surface area contributed by atoms with E-state index in [0.717, 1.165) is 12.1 Å².